The highest BCUT2D eigenvalue weighted by atomic mass is 32.2. The van der Waals surface area contributed by atoms with E-state index in [4.69, 9.17) is 15.0 Å². The van der Waals surface area contributed by atoms with Crippen molar-refractivity contribution < 1.29 is 31.8 Å². The molecule has 218 valence electrons. The highest BCUT2D eigenvalue weighted by molar-refractivity contribution is 7.89. The first-order chi connectivity index (χ1) is 20.1. The van der Waals surface area contributed by atoms with Gasteiger partial charge in [0.05, 0.1) is 24.3 Å². The lowest BCUT2D eigenvalue weighted by molar-refractivity contribution is 0.0691. The molecule has 3 N–H and O–H groups in total. The summed E-state index contributed by atoms with van der Waals surface area (Å²) in [6, 6.07) is 8.47. The van der Waals surface area contributed by atoms with Crippen LogP contribution in [-0.4, -0.2) is 40.9 Å². The van der Waals surface area contributed by atoms with Crippen molar-refractivity contribution in [2.45, 2.75) is 43.4 Å². The van der Waals surface area contributed by atoms with E-state index in [2.05, 4.69) is 4.98 Å². The first-order valence-corrected chi connectivity index (χ1v) is 15.7. The van der Waals surface area contributed by atoms with Crippen molar-refractivity contribution in [2.75, 3.05) is 6.61 Å². The molecule has 6 rings (SSSR count). The van der Waals surface area contributed by atoms with Crippen molar-refractivity contribution in [2.24, 2.45) is 11.1 Å². The van der Waals surface area contributed by atoms with Crippen molar-refractivity contribution in [1.29, 1.82) is 0 Å². The molecule has 1 aliphatic heterocycles. The van der Waals surface area contributed by atoms with Gasteiger partial charge in [-0.15, -0.1) is 11.3 Å². The standard InChI is InChI=1S/C29H26F2N4O5S2/c30-22-7-6-18(13-20(22)19-2-1-9-40-14-19)27-21(10-17-5-8-26(23(31)11-17)42(32,38)39)25(12-16-3-4-16)35(34-27)29-33-24(15-41-29)28(36)37/h5-8,11,13-16H,1-4,9-10,12H2,(H,36,37)(H2,32,38,39). The Bertz CT molecular complexity index is 1840. The molecule has 0 spiro atoms. The number of nitrogens with zero attached hydrogens (tertiary/aromatic N) is 3. The zero-order valence-corrected chi connectivity index (χ0v) is 23.9. The van der Waals surface area contributed by atoms with Gasteiger partial charge in [0.15, 0.2) is 5.69 Å². The number of benzene rings is 2. The third-order valence-electron chi connectivity index (χ3n) is 7.36. The van der Waals surface area contributed by atoms with Gasteiger partial charge in [-0.3, -0.25) is 0 Å². The Hall–Kier alpha value is -3.94. The quantitative estimate of drug-likeness (QED) is 0.261. The molecule has 0 unspecified atom stereocenters. The molecule has 0 bridgehead atoms. The average Bonchev–Trinajstić information content (AvgIpc) is 3.51. The van der Waals surface area contributed by atoms with Crippen molar-refractivity contribution in [3.8, 4) is 16.4 Å². The van der Waals surface area contributed by atoms with Gasteiger partial charge in [-0.2, -0.15) is 5.10 Å². The number of carbonyl (C=O) groups is 1. The second-order valence-electron chi connectivity index (χ2n) is 10.5. The summed E-state index contributed by atoms with van der Waals surface area (Å²) in [5.74, 6) is -2.14. The molecule has 0 saturated heterocycles. The summed E-state index contributed by atoms with van der Waals surface area (Å²) < 4.78 is 60.5. The van der Waals surface area contributed by atoms with Crippen LogP contribution in [0.5, 0.6) is 0 Å². The highest BCUT2D eigenvalue weighted by Crippen LogP contribution is 2.39. The number of carboxylic acid groups (broad SMARTS) is 1. The Kier molecular flexibility index (Phi) is 7.41. The van der Waals surface area contributed by atoms with Crippen LogP contribution < -0.4 is 5.14 Å². The van der Waals surface area contributed by atoms with Crippen LogP contribution in [0.4, 0.5) is 8.78 Å². The molecular formula is C29H26F2N4O5S2. The minimum Gasteiger partial charge on any atom is -0.501 e. The molecule has 1 aliphatic carbocycles. The Morgan fingerprint density at radius 3 is 2.62 bits per heavy atom. The molecule has 3 heterocycles. The number of nitrogens with two attached hydrogens (primary N) is 1. The monoisotopic (exact) mass is 612 g/mol. The van der Waals surface area contributed by atoms with Gasteiger partial charge in [0, 0.05) is 28.5 Å². The summed E-state index contributed by atoms with van der Waals surface area (Å²) in [5.41, 5.74) is 4.11. The average molecular weight is 613 g/mol. The van der Waals surface area contributed by atoms with E-state index in [1.165, 1.54) is 17.5 Å². The molecule has 42 heavy (non-hydrogen) atoms. The third kappa shape index (κ3) is 5.72. The van der Waals surface area contributed by atoms with E-state index in [1.54, 1.807) is 23.1 Å². The number of ether oxygens (including phenoxy) is 1. The van der Waals surface area contributed by atoms with Crippen molar-refractivity contribution in [3.63, 3.8) is 0 Å². The molecule has 9 nitrogen and oxygen atoms in total. The van der Waals surface area contributed by atoms with Gasteiger partial charge < -0.3 is 9.84 Å². The number of allylic oxidation sites excluding steroid dienone is 1. The Balaban J connectivity index is 1.53. The number of carboxylic acids is 1. The van der Waals surface area contributed by atoms with Gasteiger partial charge in [-0.1, -0.05) is 6.07 Å². The van der Waals surface area contributed by atoms with Gasteiger partial charge in [0.2, 0.25) is 15.2 Å². The molecule has 1 saturated carbocycles. The molecule has 13 heteroatoms. The van der Waals surface area contributed by atoms with E-state index in [1.807, 2.05) is 0 Å². The summed E-state index contributed by atoms with van der Waals surface area (Å²) in [4.78, 5) is 15.3. The lowest BCUT2D eigenvalue weighted by Gasteiger charge is -2.15. The van der Waals surface area contributed by atoms with Crippen LogP contribution in [0.3, 0.4) is 0 Å². The fourth-order valence-corrected chi connectivity index (χ4v) is 6.46. The fourth-order valence-electron chi connectivity index (χ4n) is 5.10. The van der Waals surface area contributed by atoms with Crippen LogP contribution in [0.15, 0.2) is 52.9 Å². The van der Waals surface area contributed by atoms with Crippen molar-refractivity contribution in [3.05, 3.63) is 87.8 Å². The van der Waals surface area contributed by atoms with E-state index in [-0.39, 0.29) is 12.1 Å². The number of sulfonamides is 1. The second kappa shape index (κ2) is 11.0. The normalized spacial score (nSPS) is 15.4. The number of aromatic nitrogens is 3. The fraction of sp³-hybridized carbons (Fsp3) is 0.276. The second-order valence-corrected chi connectivity index (χ2v) is 12.8. The van der Waals surface area contributed by atoms with E-state index in [0.717, 1.165) is 59.6 Å². The molecule has 4 aromatic rings. The van der Waals surface area contributed by atoms with Crippen molar-refractivity contribution >= 4 is 32.9 Å². The number of hydrogen-bond donors (Lipinski definition) is 2. The van der Waals surface area contributed by atoms with Gasteiger partial charge in [-0.25, -0.2) is 36.8 Å². The summed E-state index contributed by atoms with van der Waals surface area (Å²) in [6.45, 7) is 0.566. The van der Waals surface area contributed by atoms with E-state index in [9.17, 15) is 22.7 Å². The van der Waals surface area contributed by atoms with Crippen LogP contribution in [-0.2, 0) is 27.6 Å². The zero-order valence-electron chi connectivity index (χ0n) is 22.2. The zero-order chi connectivity index (χ0) is 29.6. The number of hydrogen-bond acceptors (Lipinski definition) is 7. The van der Waals surface area contributed by atoms with Crippen molar-refractivity contribution in [1.82, 2.24) is 14.8 Å². The number of rotatable bonds is 9. The van der Waals surface area contributed by atoms with E-state index in [0.29, 0.717) is 52.9 Å². The van der Waals surface area contributed by atoms with Gasteiger partial charge in [-0.05, 0) is 79.5 Å². The Morgan fingerprint density at radius 1 is 1.17 bits per heavy atom. The molecular weight excluding hydrogens is 586 g/mol. The maximum absolute atomic E-state index is 15.0. The van der Waals surface area contributed by atoms with Gasteiger partial charge in [0.25, 0.3) is 0 Å². The van der Waals surface area contributed by atoms with Crippen LogP contribution in [0.25, 0.3) is 22.0 Å². The largest absolute Gasteiger partial charge is 0.501 e. The maximum atomic E-state index is 15.0. The SMILES string of the molecule is NS(=O)(=O)c1ccc(Cc2c(-c3ccc(F)c(C4=COCCC4)c3)nn(-c3nc(C(=O)O)cs3)c2CC2CC2)cc1F. The summed E-state index contributed by atoms with van der Waals surface area (Å²) in [5, 5.41) is 21.3. The minimum atomic E-state index is -4.24. The molecule has 2 aromatic carbocycles. The van der Waals surface area contributed by atoms with Gasteiger partial charge in [0.1, 0.15) is 16.5 Å². The van der Waals surface area contributed by atoms with Crippen LogP contribution in [0.1, 0.15) is 58.6 Å². The molecule has 0 atom stereocenters. The molecule has 0 amide bonds. The summed E-state index contributed by atoms with van der Waals surface area (Å²) >= 11 is 1.13. The molecule has 2 aromatic heterocycles. The molecule has 0 radical (unpaired) electrons. The lowest BCUT2D eigenvalue weighted by atomic mass is 9.94. The smallest absolute Gasteiger partial charge is 0.355 e. The predicted molar refractivity (Wildman–Crippen MR) is 152 cm³/mol. The first kappa shape index (κ1) is 28.2. The molecule has 2 aliphatic rings. The number of aromatic carboxylic acids is 1. The number of halogens is 2. The van der Waals surface area contributed by atoms with Crippen LogP contribution in [0, 0.1) is 17.6 Å². The minimum absolute atomic E-state index is 0.111. The topological polar surface area (TPSA) is 137 Å². The number of thiazole rings is 1. The summed E-state index contributed by atoms with van der Waals surface area (Å²) in [6.07, 6.45) is 5.82. The predicted octanol–water partition coefficient (Wildman–Crippen LogP) is 5.31. The van der Waals surface area contributed by atoms with Crippen LogP contribution >= 0.6 is 11.3 Å². The maximum Gasteiger partial charge on any atom is 0.355 e. The van der Waals surface area contributed by atoms with E-state index < -0.39 is 32.5 Å². The Labute approximate surface area is 244 Å². The van der Waals surface area contributed by atoms with Gasteiger partial charge >= 0.3 is 5.97 Å². The number of primary sulfonamides is 1. The molecule has 1 fully saturated rings. The summed E-state index contributed by atoms with van der Waals surface area (Å²) in [7, 11) is -4.24. The third-order valence-corrected chi connectivity index (χ3v) is 9.12. The first-order valence-electron chi connectivity index (χ1n) is 13.3. The Morgan fingerprint density at radius 2 is 1.98 bits per heavy atom. The van der Waals surface area contributed by atoms with Crippen LogP contribution in [0.2, 0.25) is 0 Å². The van der Waals surface area contributed by atoms with E-state index >= 15 is 4.39 Å². The lowest BCUT2D eigenvalue weighted by Crippen LogP contribution is -2.14. The highest BCUT2D eigenvalue weighted by Gasteiger charge is 2.30.